The van der Waals surface area contributed by atoms with E-state index in [-0.39, 0.29) is 23.5 Å². The molecule has 1 aliphatic rings. The number of carbonyl (C=O) groups excluding carboxylic acids is 1. The van der Waals surface area contributed by atoms with E-state index >= 15 is 0 Å². The van der Waals surface area contributed by atoms with Crippen LogP contribution in [-0.2, 0) is 9.59 Å². The number of aromatic nitrogens is 2. The summed E-state index contributed by atoms with van der Waals surface area (Å²) in [5.74, 6) is -0.170. The van der Waals surface area contributed by atoms with Gasteiger partial charge in [-0.3, -0.25) is 4.79 Å². The van der Waals surface area contributed by atoms with Crippen molar-refractivity contribution >= 4 is 29.3 Å². The Morgan fingerprint density at radius 3 is 2.50 bits per heavy atom. The fourth-order valence-electron chi connectivity index (χ4n) is 4.88. The molecule has 2 atom stereocenters. The largest absolute Gasteiger partial charge is 0.481 e. The van der Waals surface area contributed by atoms with Crippen molar-refractivity contribution in [3.8, 4) is 11.1 Å². The molecule has 0 aliphatic carbocycles. The monoisotopic (exact) mass is 478 g/mol. The fourth-order valence-corrected chi connectivity index (χ4v) is 5.09. The summed E-state index contributed by atoms with van der Waals surface area (Å²) in [6.07, 6.45) is 2.26. The van der Waals surface area contributed by atoms with Gasteiger partial charge in [0.1, 0.15) is 5.15 Å². The molecule has 0 saturated carbocycles. The number of rotatable bonds is 7. The van der Waals surface area contributed by atoms with E-state index in [2.05, 4.69) is 18.8 Å². The first-order valence-corrected chi connectivity index (χ1v) is 11.8. The predicted molar refractivity (Wildman–Crippen MR) is 132 cm³/mol. The highest BCUT2D eigenvalue weighted by Crippen LogP contribution is 2.38. The highest BCUT2D eigenvalue weighted by molar-refractivity contribution is 6.29. The summed E-state index contributed by atoms with van der Waals surface area (Å²) < 4.78 is 1.94. The molecule has 6 nitrogen and oxygen atoms in total. The van der Waals surface area contributed by atoms with Crippen LogP contribution in [0.1, 0.15) is 55.6 Å². The number of carboxylic acids is 1. The summed E-state index contributed by atoms with van der Waals surface area (Å²) in [5.41, 5.74) is 4.51. The van der Waals surface area contributed by atoms with Gasteiger partial charge in [0.15, 0.2) is 6.04 Å². The summed E-state index contributed by atoms with van der Waals surface area (Å²) in [6.45, 7) is 8.20. The standard InChI is InChI=1S/C27H28ClN3O3/c1-16(2)12-22-27(34)31(24-10-5-6-11-30(22)24)21(15-25(32)33)20-13-19(14-23(28)29-20)26-17(3)8-7-9-18(26)4/h5-11,13-14,16,21-22H,12,15H2,1-4H3/p+1/t21-,22?/m0/s1. The van der Waals surface area contributed by atoms with Gasteiger partial charge in [-0.2, -0.15) is 4.90 Å². The first-order valence-electron chi connectivity index (χ1n) is 11.5. The van der Waals surface area contributed by atoms with Crippen molar-refractivity contribution in [2.75, 3.05) is 4.90 Å². The zero-order valence-electron chi connectivity index (χ0n) is 19.8. The number of pyridine rings is 2. The Balaban J connectivity index is 1.86. The Morgan fingerprint density at radius 2 is 1.85 bits per heavy atom. The molecule has 0 bridgehead atoms. The molecule has 1 amide bonds. The Kier molecular flexibility index (Phi) is 6.71. The summed E-state index contributed by atoms with van der Waals surface area (Å²) in [4.78, 5) is 31.8. The van der Waals surface area contributed by atoms with Gasteiger partial charge >= 0.3 is 11.9 Å². The number of nitrogens with zero attached hydrogens (tertiary/aromatic N) is 3. The maximum absolute atomic E-state index is 13.7. The molecule has 1 N–H and O–H groups in total. The van der Waals surface area contributed by atoms with E-state index < -0.39 is 12.0 Å². The molecular weight excluding hydrogens is 450 g/mol. The van der Waals surface area contributed by atoms with Crippen LogP contribution in [0.15, 0.2) is 54.7 Å². The third-order valence-electron chi connectivity index (χ3n) is 6.27. The molecule has 3 aromatic rings. The lowest BCUT2D eigenvalue weighted by molar-refractivity contribution is -0.690. The quantitative estimate of drug-likeness (QED) is 0.361. The van der Waals surface area contributed by atoms with Gasteiger partial charge in [-0.15, -0.1) is 0 Å². The summed E-state index contributed by atoms with van der Waals surface area (Å²) in [6, 6.07) is 14.1. The van der Waals surface area contributed by atoms with Crippen LogP contribution < -0.4 is 9.47 Å². The van der Waals surface area contributed by atoms with E-state index in [1.807, 2.05) is 67.1 Å². The molecule has 7 heteroatoms. The molecule has 0 radical (unpaired) electrons. The Bertz CT molecular complexity index is 1240. The lowest BCUT2D eigenvalue weighted by atomic mass is 9.94. The summed E-state index contributed by atoms with van der Waals surface area (Å²) in [5, 5.41) is 10.1. The molecule has 0 saturated heterocycles. The van der Waals surface area contributed by atoms with Crippen molar-refractivity contribution in [3.63, 3.8) is 0 Å². The maximum Gasteiger partial charge on any atom is 0.355 e. The number of fused-ring (bicyclic) bond motifs is 1. The average Bonchev–Trinajstić information content (AvgIpc) is 3.02. The molecule has 3 heterocycles. The first kappa shape index (κ1) is 23.9. The number of aliphatic carboxylic acids is 1. The van der Waals surface area contributed by atoms with Crippen molar-refractivity contribution in [2.24, 2.45) is 5.92 Å². The van der Waals surface area contributed by atoms with Crippen LogP contribution in [0.2, 0.25) is 5.15 Å². The van der Waals surface area contributed by atoms with Crippen LogP contribution in [0.3, 0.4) is 0 Å². The van der Waals surface area contributed by atoms with E-state index in [9.17, 15) is 14.7 Å². The second-order valence-electron chi connectivity index (χ2n) is 9.30. The Morgan fingerprint density at radius 1 is 1.15 bits per heavy atom. The third-order valence-corrected chi connectivity index (χ3v) is 6.47. The minimum Gasteiger partial charge on any atom is -0.481 e. The van der Waals surface area contributed by atoms with Crippen LogP contribution in [0.5, 0.6) is 0 Å². The number of benzene rings is 1. The SMILES string of the molecule is Cc1cccc(C)c1-c1cc(Cl)nc([C@H](CC(=O)O)N2C(=O)C(CC(C)C)[n+]3ccccc32)c1. The number of anilines is 1. The Hall–Kier alpha value is -3.25. The van der Waals surface area contributed by atoms with Gasteiger partial charge in [0.05, 0.1) is 18.3 Å². The van der Waals surface area contributed by atoms with E-state index in [0.717, 1.165) is 22.3 Å². The maximum atomic E-state index is 13.7. The van der Waals surface area contributed by atoms with Gasteiger partial charge in [0.2, 0.25) is 6.04 Å². The topological polar surface area (TPSA) is 74.4 Å². The number of aryl methyl sites for hydroxylation is 2. The van der Waals surface area contributed by atoms with Crippen LogP contribution in [0.4, 0.5) is 5.82 Å². The van der Waals surface area contributed by atoms with Crippen molar-refractivity contribution < 1.29 is 19.3 Å². The van der Waals surface area contributed by atoms with E-state index in [1.165, 1.54) is 0 Å². The highest BCUT2D eigenvalue weighted by Gasteiger charge is 2.50. The minimum atomic E-state index is -1.01. The lowest BCUT2D eigenvalue weighted by Crippen LogP contribution is -2.39. The highest BCUT2D eigenvalue weighted by atomic mass is 35.5. The van der Waals surface area contributed by atoms with Gasteiger partial charge in [-0.25, -0.2) is 14.3 Å². The molecular formula is C27H29ClN3O3+. The molecule has 1 unspecified atom stereocenters. The smallest absolute Gasteiger partial charge is 0.355 e. The molecule has 34 heavy (non-hydrogen) atoms. The number of hydrogen-bond donors (Lipinski definition) is 1. The van der Waals surface area contributed by atoms with E-state index in [1.54, 1.807) is 11.0 Å². The number of carboxylic acid groups (broad SMARTS) is 1. The normalized spacial score (nSPS) is 16.1. The molecule has 4 rings (SSSR count). The molecule has 2 aromatic heterocycles. The van der Waals surface area contributed by atoms with Crippen LogP contribution >= 0.6 is 11.6 Å². The molecule has 1 aliphatic heterocycles. The van der Waals surface area contributed by atoms with Crippen molar-refractivity contribution in [1.82, 2.24) is 4.98 Å². The molecule has 0 fully saturated rings. The average molecular weight is 479 g/mol. The number of halogens is 1. The van der Waals surface area contributed by atoms with Crippen molar-refractivity contribution in [2.45, 2.75) is 52.6 Å². The number of amides is 1. The van der Waals surface area contributed by atoms with Crippen LogP contribution in [0, 0.1) is 19.8 Å². The predicted octanol–water partition coefficient (Wildman–Crippen LogP) is 5.46. The zero-order chi connectivity index (χ0) is 24.6. The van der Waals surface area contributed by atoms with Gasteiger partial charge in [0, 0.05) is 12.5 Å². The van der Waals surface area contributed by atoms with Crippen molar-refractivity contribution in [3.05, 3.63) is 76.7 Å². The van der Waals surface area contributed by atoms with Crippen molar-refractivity contribution in [1.29, 1.82) is 0 Å². The van der Waals surface area contributed by atoms with Gasteiger partial charge < -0.3 is 5.11 Å². The van der Waals surface area contributed by atoms with Gasteiger partial charge in [-0.1, -0.05) is 49.7 Å². The zero-order valence-corrected chi connectivity index (χ0v) is 20.6. The second-order valence-corrected chi connectivity index (χ2v) is 9.69. The lowest BCUT2D eigenvalue weighted by Gasteiger charge is -2.21. The van der Waals surface area contributed by atoms with E-state index in [4.69, 9.17) is 11.6 Å². The second kappa shape index (κ2) is 9.55. The third kappa shape index (κ3) is 4.55. The molecule has 176 valence electrons. The Labute approximate surface area is 204 Å². The molecule has 0 spiro atoms. The fraction of sp³-hybridized carbons (Fsp3) is 0.333. The number of hydrogen-bond acceptors (Lipinski definition) is 3. The van der Waals surface area contributed by atoms with Crippen LogP contribution in [0.25, 0.3) is 11.1 Å². The van der Waals surface area contributed by atoms with E-state index in [0.29, 0.717) is 23.9 Å². The van der Waals surface area contributed by atoms with Crippen LogP contribution in [-0.4, -0.2) is 22.0 Å². The number of carbonyl (C=O) groups is 2. The summed E-state index contributed by atoms with van der Waals surface area (Å²) in [7, 11) is 0. The summed E-state index contributed by atoms with van der Waals surface area (Å²) >= 11 is 6.46. The molecule has 1 aromatic carbocycles. The van der Waals surface area contributed by atoms with Gasteiger partial charge in [0.25, 0.3) is 5.82 Å². The minimum absolute atomic E-state index is 0.124. The first-order chi connectivity index (χ1) is 16.2. The van der Waals surface area contributed by atoms with Gasteiger partial charge in [-0.05, 0) is 60.2 Å².